The molecule has 17 heavy (non-hydrogen) atoms. The molecule has 0 spiro atoms. The van der Waals surface area contributed by atoms with Crippen molar-refractivity contribution in [2.45, 2.75) is 20.4 Å². The van der Waals surface area contributed by atoms with Gasteiger partial charge in [0.25, 0.3) is 0 Å². The van der Waals surface area contributed by atoms with Crippen molar-refractivity contribution in [1.82, 2.24) is 9.97 Å². The Kier molecular flexibility index (Phi) is 3.83. The normalized spacial score (nSPS) is 10.6. The zero-order chi connectivity index (χ0) is 12.4. The van der Waals surface area contributed by atoms with Gasteiger partial charge in [0.05, 0.1) is 16.7 Å². The fourth-order valence-electron chi connectivity index (χ4n) is 1.32. The molecule has 0 radical (unpaired) electrons. The van der Waals surface area contributed by atoms with Gasteiger partial charge in [-0.3, -0.25) is 0 Å². The van der Waals surface area contributed by atoms with E-state index in [1.54, 1.807) is 6.20 Å². The highest BCUT2D eigenvalue weighted by Gasteiger charge is 2.07. The van der Waals surface area contributed by atoms with Crippen LogP contribution >= 0.6 is 31.9 Å². The first-order valence-corrected chi connectivity index (χ1v) is 6.62. The van der Waals surface area contributed by atoms with E-state index >= 15 is 0 Å². The third-order valence-corrected chi connectivity index (χ3v) is 3.33. The second-order valence-corrected chi connectivity index (χ2v) is 5.36. The standard InChI is InChI=1S/C11H11Br2N3O/c1-6-7(2)17-10(16-6)5-15-11-9(13)3-8(12)4-14-11/h3-4H,5H2,1-2H3,(H,14,15). The van der Waals surface area contributed by atoms with Crippen LogP contribution in [0.5, 0.6) is 0 Å². The number of oxazole rings is 1. The number of pyridine rings is 1. The fraction of sp³-hybridized carbons (Fsp3) is 0.273. The van der Waals surface area contributed by atoms with Crippen molar-refractivity contribution in [3.8, 4) is 0 Å². The van der Waals surface area contributed by atoms with Gasteiger partial charge in [-0.2, -0.15) is 0 Å². The van der Waals surface area contributed by atoms with Crippen molar-refractivity contribution in [1.29, 1.82) is 0 Å². The molecule has 0 amide bonds. The smallest absolute Gasteiger partial charge is 0.213 e. The first-order chi connectivity index (χ1) is 8.06. The summed E-state index contributed by atoms with van der Waals surface area (Å²) >= 11 is 6.79. The Labute approximate surface area is 116 Å². The van der Waals surface area contributed by atoms with E-state index in [9.17, 15) is 0 Å². The lowest BCUT2D eigenvalue weighted by molar-refractivity contribution is 0.478. The van der Waals surface area contributed by atoms with E-state index in [1.807, 2.05) is 19.9 Å². The number of halogens is 2. The monoisotopic (exact) mass is 359 g/mol. The molecule has 90 valence electrons. The predicted molar refractivity (Wildman–Crippen MR) is 72.9 cm³/mol. The first kappa shape index (κ1) is 12.6. The van der Waals surface area contributed by atoms with E-state index in [1.165, 1.54) is 0 Å². The highest BCUT2D eigenvalue weighted by molar-refractivity contribution is 9.11. The van der Waals surface area contributed by atoms with Crippen LogP contribution in [-0.4, -0.2) is 9.97 Å². The molecule has 0 aliphatic rings. The quantitative estimate of drug-likeness (QED) is 0.903. The molecule has 0 saturated carbocycles. The number of hydrogen-bond donors (Lipinski definition) is 1. The Morgan fingerprint density at radius 2 is 2.12 bits per heavy atom. The molecule has 4 nitrogen and oxygen atoms in total. The van der Waals surface area contributed by atoms with Gasteiger partial charge >= 0.3 is 0 Å². The van der Waals surface area contributed by atoms with Gasteiger partial charge in [0.15, 0.2) is 0 Å². The maximum Gasteiger partial charge on any atom is 0.213 e. The van der Waals surface area contributed by atoms with E-state index in [0.717, 1.165) is 26.2 Å². The lowest BCUT2D eigenvalue weighted by atomic mass is 10.4. The lowest BCUT2D eigenvalue weighted by Crippen LogP contribution is -2.02. The van der Waals surface area contributed by atoms with E-state index in [0.29, 0.717) is 12.4 Å². The molecule has 0 atom stereocenters. The molecule has 2 heterocycles. The minimum absolute atomic E-state index is 0.516. The molecule has 0 saturated heterocycles. The van der Waals surface area contributed by atoms with Crippen molar-refractivity contribution in [2.24, 2.45) is 0 Å². The number of nitrogens with one attached hydrogen (secondary N) is 1. The number of anilines is 1. The van der Waals surface area contributed by atoms with Gasteiger partial charge < -0.3 is 9.73 Å². The summed E-state index contributed by atoms with van der Waals surface area (Å²) in [6.07, 6.45) is 1.74. The predicted octanol–water partition coefficient (Wildman–Crippen LogP) is 3.82. The fourth-order valence-corrected chi connectivity index (χ4v) is 2.45. The number of rotatable bonds is 3. The molecular weight excluding hydrogens is 350 g/mol. The molecule has 0 aliphatic heterocycles. The van der Waals surface area contributed by atoms with Gasteiger partial charge in [0.2, 0.25) is 5.89 Å². The summed E-state index contributed by atoms with van der Waals surface area (Å²) in [5.74, 6) is 2.28. The molecule has 1 N–H and O–H groups in total. The van der Waals surface area contributed by atoms with Crippen molar-refractivity contribution in [3.63, 3.8) is 0 Å². The first-order valence-electron chi connectivity index (χ1n) is 5.04. The summed E-state index contributed by atoms with van der Waals surface area (Å²) in [5, 5.41) is 3.16. The topological polar surface area (TPSA) is 51.0 Å². The van der Waals surface area contributed by atoms with Crippen molar-refractivity contribution < 1.29 is 4.42 Å². The van der Waals surface area contributed by atoms with Crippen LogP contribution in [0.15, 0.2) is 25.6 Å². The summed E-state index contributed by atoms with van der Waals surface area (Å²) in [5.41, 5.74) is 0.921. The lowest BCUT2D eigenvalue weighted by Gasteiger charge is -2.05. The maximum absolute atomic E-state index is 5.47. The molecule has 6 heteroatoms. The largest absolute Gasteiger partial charge is 0.444 e. The molecule has 0 bridgehead atoms. The van der Waals surface area contributed by atoms with E-state index in [-0.39, 0.29) is 0 Å². The maximum atomic E-state index is 5.47. The highest BCUT2D eigenvalue weighted by Crippen LogP contribution is 2.23. The number of hydrogen-bond acceptors (Lipinski definition) is 4. The van der Waals surface area contributed by atoms with Crippen LogP contribution in [0.1, 0.15) is 17.3 Å². The second kappa shape index (κ2) is 5.18. The Hall–Kier alpha value is -0.880. The minimum atomic E-state index is 0.516. The Morgan fingerprint density at radius 3 is 2.71 bits per heavy atom. The van der Waals surface area contributed by atoms with Gasteiger partial charge in [0.1, 0.15) is 11.6 Å². The summed E-state index contributed by atoms with van der Waals surface area (Å²) in [4.78, 5) is 8.54. The summed E-state index contributed by atoms with van der Waals surface area (Å²) in [6.45, 7) is 4.34. The van der Waals surface area contributed by atoms with Crippen LogP contribution in [0.4, 0.5) is 5.82 Å². The molecule has 2 rings (SSSR count). The van der Waals surface area contributed by atoms with Crippen molar-refractivity contribution >= 4 is 37.7 Å². The van der Waals surface area contributed by atoms with Gasteiger partial charge in [-0.25, -0.2) is 9.97 Å². The summed E-state index contributed by atoms with van der Waals surface area (Å²) < 4.78 is 7.30. The SMILES string of the molecule is Cc1nc(CNc2ncc(Br)cc2Br)oc1C. The molecule has 0 aliphatic carbocycles. The van der Waals surface area contributed by atoms with Gasteiger partial charge in [-0.15, -0.1) is 0 Å². The van der Waals surface area contributed by atoms with Crippen LogP contribution in [-0.2, 0) is 6.54 Å². The second-order valence-electron chi connectivity index (χ2n) is 3.59. The highest BCUT2D eigenvalue weighted by atomic mass is 79.9. The third kappa shape index (κ3) is 3.07. The van der Waals surface area contributed by atoms with Gasteiger partial charge in [-0.1, -0.05) is 0 Å². The van der Waals surface area contributed by atoms with E-state index in [4.69, 9.17) is 4.42 Å². The number of aromatic nitrogens is 2. The summed E-state index contributed by atoms with van der Waals surface area (Å²) in [7, 11) is 0. The Balaban J connectivity index is 2.07. The van der Waals surface area contributed by atoms with E-state index in [2.05, 4.69) is 47.1 Å². The van der Waals surface area contributed by atoms with Crippen LogP contribution in [0.3, 0.4) is 0 Å². The molecule has 0 aromatic carbocycles. The molecule has 0 unspecified atom stereocenters. The minimum Gasteiger partial charge on any atom is -0.444 e. The average molecular weight is 361 g/mol. The number of aryl methyl sites for hydroxylation is 2. The Morgan fingerprint density at radius 1 is 1.35 bits per heavy atom. The van der Waals surface area contributed by atoms with Crippen LogP contribution in [0, 0.1) is 13.8 Å². The van der Waals surface area contributed by atoms with E-state index < -0.39 is 0 Å². The Bertz CT molecular complexity index is 520. The molecule has 2 aromatic heterocycles. The molecule has 2 aromatic rings. The van der Waals surface area contributed by atoms with Crippen LogP contribution < -0.4 is 5.32 Å². The van der Waals surface area contributed by atoms with Crippen LogP contribution in [0.25, 0.3) is 0 Å². The van der Waals surface area contributed by atoms with Gasteiger partial charge in [-0.05, 0) is 51.8 Å². The zero-order valence-electron chi connectivity index (χ0n) is 9.42. The summed E-state index contributed by atoms with van der Waals surface area (Å²) in [6, 6.07) is 1.93. The zero-order valence-corrected chi connectivity index (χ0v) is 12.6. The van der Waals surface area contributed by atoms with Gasteiger partial charge in [0, 0.05) is 10.7 Å². The molecule has 0 fully saturated rings. The van der Waals surface area contributed by atoms with Crippen molar-refractivity contribution in [2.75, 3.05) is 5.32 Å². The third-order valence-electron chi connectivity index (χ3n) is 2.29. The average Bonchev–Trinajstić information content (AvgIpc) is 2.57. The molecular formula is C11H11Br2N3O. The van der Waals surface area contributed by atoms with Crippen LogP contribution in [0.2, 0.25) is 0 Å². The van der Waals surface area contributed by atoms with Crippen molar-refractivity contribution in [3.05, 3.63) is 38.6 Å². The number of nitrogens with zero attached hydrogens (tertiary/aromatic N) is 2.